The number of amides is 1. The van der Waals surface area contributed by atoms with Crippen molar-refractivity contribution in [3.8, 4) is 0 Å². The van der Waals surface area contributed by atoms with Crippen LogP contribution in [0.2, 0.25) is 0 Å². The van der Waals surface area contributed by atoms with Crippen molar-refractivity contribution in [2.75, 3.05) is 13.7 Å². The maximum absolute atomic E-state index is 11.2. The number of carbonyl (C=O) groups excluding carboxylic acids is 1. The summed E-state index contributed by atoms with van der Waals surface area (Å²) in [5.41, 5.74) is -0.330. The van der Waals surface area contributed by atoms with Gasteiger partial charge in [-0.25, -0.2) is 0 Å². The van der Waals surface area contributed by atoms with Gasteiger partial charge in [0.15, 0.2) is 0 Å². The van der Waals surface area contributed by atoms with Crippen molar-refractivity contribution in [2.45, 2.75) is 38.2 Å². The van der Waals surface area contributed by atoms with E-state index < -0.39 is 0 Å². The summed E-state index contributed by atoms with van der Waals surface area (Å²) in [6.07, 6.45) is 4.31. The molecule has 0 aromatic heterocycles. The largest absolute Gasteiger partial charge is 0.370 e. The van der Waals surface area contributed by atoms with Crippen molar-refractivity contribution in [1.82, 2.24) is 5.32 Å². The summed E-state index contributed by atoms with van der Waals surface area (Å²) in [6, 6.07) is 0. The number of amidine groups is 1. The van der Waals surface area contributed by atoms with Gasteiger partial charge in [-0.3, -0.25) is 9.79 Å². The third-order valence-corrected chi connectivity index (χ3v) is 3.42. The summed E-state index contributed by atoms with van der Waals surface area (Å²) in [5.74, 6) is 1.38. The molecular weight excluding hydrogens is 192 g/mol. The predicted molar refractivity (Wildman–Crippen MR) is 57.8 cm³/mol. The summed E-state index contributed by atoms with van der Waals surface area (Å²) >= 11 is 0. The van der Waals surface area contributed by atoms with Gasteiger partial charge in [-0.15, -0.1) is 0 Å². The molecule has 2 atom stereocenters. The highest BCUT2D eigenvalue weighted by atomic mass is 16.5. The number of nitrogens with zero attached hydrogens (tertiary/aromatic N) is 1. The molecule has 1 aliphatic heterocycles. The van der Waals surface area contributed by atoms with Crippen LogP contribution < -0.4 is 5.32 Å². The lowest BCUT2D eigenvalue weighted by Crippen LogP contribution is -2.50. The molecule has 0 saturated heterocycles. The van der Waals surface area contributed by atoms with Crippen LogP contribution in [0.4, 0.5) is 0 Å². The fourth-order valence-corrected chi connectivity index (χ4v) is 2.62. The van der Waals surface area contributed by atoms with Gasteiger partial charge in [0.2, 0.25) is 5.91 Å². The summed E-state index contributed by atoms with van der Waals surface area (Å²) in [4.78, 5) is 15.4. The predicted octanol–water partition coefficient (Wildman–Crippen LogP) is 1.11. The van der Waals surface area contributed by atoms with Crippen molar-refractivity contribution in [3.05, 3.63) is 0 Å². The Hall–Kier alpha value is -0.900. The first-order valence-corrected chi connectivity index (χ1v) is 5.56. The fourth-order valence-electron chi connectivity index (χ4n) is 2.62. The number of rotatable bonds is 2. The molecule has 0 spiro atoms. The van der Waals surface area contributed by atoms with Gasteiger partial charge in [-0.2, -0.15) is 0 Å². The Morgan fingerprint density at radius 3 is 2.93 bits per heavy atom. The van der Waals surface area contributed by atoms with Gasteiger partial charge in [0.25, 0.3) is 0 Å². The molecule has 0 aromatic carbocycles. The minimum absolute atomic E-state index is 0.0142. The van der Waals surface area contributed by atoms with E-state index in [-0.39, 0.29) is 18.1 Å². The zero-order valence-electron chi connectivity index (χ0n) is 9.38. The van der Waals surface area contributed by atoms with Gasteiger partial charge in [-0.1, -0.05) is 13.3 Å². The summed E-state index contributed by atoms with van der Waals surface area (Å²) < 4.78 is 5.64. The third kappa shape index (κ3) is 1.91. The van der Waals surface area contributed by atoms with Crippen LogP contribution >= 0.6 is 0 Å². The first-order valence-electron chi connectivity index (χ1n) is 5.56. The first-order chi connectivity index (χ1) is 7.16. The standard InChI is InChI=1S/C11H18N2O2/c1-8-4-3-5-11(6-8,15-2)10-12-7-9(14)13-10/h8H,3-7H2,1-2H3,(H,12,13,14). The minimum Gasteiger partial charge on any atom is -0.370 e. The number of aliphatic imine (C=N–C) groups is 1. The van der Waals surface area contributed by atoms with Crippen LogP contribution in [0, 0.1) is 5.92 Å². The van der Waals surface area contributed by atoms with Crippen LogP contribution in [0.5, 0.6) is 0 Å². The van der Waals surface area contributed by atoms with Crippen molar-refractivity contribution in [3.63, 3.8) is 0 Å². The Kier molecular flexibility index (Phi) is 2.78. The van der Waals surface area contributed by atoms with E-state index in [9.17, 15) is 4.79 Å². The van der Waals surface area contributed by atoms with Crippen LogP contribution in [0.25, 0.3) is 0 Å². The van der Waals surface area contributed by atoms with Crippen LogP contribution in [0.1, 0.15) is 32.6 Å². The van der Waals surface area contributed by atoms with Crippen LogP contribution in [0.3, 0.4) is 0 Å². The van der Waals surface area contributed by atoms with E-state index in [1.807, 2.05) is 0 Å². The lowest BCUT2D eigenvalue weighted by molar-refractivity contribution is -0.117. The van der Waals surface area contributed by atoms with E-state index in [0.717, 1.165) is 25.1 Å². The molecule has 0 bridgehead atoms. The molecule has 4 nitrogen and oxygen atoms in total. The van der Waals surface area contributed by atoms with Gasteiger partial charge in [0, 0.05) is 7.11 Å². The maximum atomic E-state index is 11.2. The number of nitrogens with one attached hydrogen (secondary N) is 1. The molecule has 1 heterocycles. The molecule has 1 fully saturated rings. The Labute approximate surface area is 90.1 Å². The Balaban J connectivity index is 2.17. The lowest BCUT2D eigenvalue weighted by Gasteiger charge is -2.38. The van der Waals surface area contributed by atoms with Crippen molar-refractivity contribution in [1.29, 1.82) is 0 Å². The molecule has 2 rings (SSSR count). The number of ether oxygens (including phenoxy) is 1. The third-order valence-electron chi connectivity index (χ3n) is 3.42. The normalized spacial score (nSPS) is 36.3. The van der Waals surface area contributed by atoms with Crippen molar-refractivity contribution >= 4 is 11.7 Å². The maximum Gasteiger partial charge on any atom is 0.247 e. The molecule has 1 aliphatic carbocycles. The molecule has 84 valence electrons. The smallest absolute Gasteiger partial charge is 0.247 e. The van der Waals surface area contributed by atoms with Gasteiger partial charge >= 0.3 is 0 Å². The van der Waals surface area contributed by atoms with Crippen LogP contribution in [0.15, 0.2) is 4.99 Å². The van der Waals surface area contributed by atoms with E-state index in [1.165, 1.54) is 6.42 Å². The van der Waals surface area contributed by atoms with Crippen LogP contribution in [-0.4, -0.2) is 31.0 Å². The Bertz CT molecular complexity index is 301. The van der Waals surface area contributed by atoms with E-state index in [2.05, 4.69) is 17.2 Å². The van der Waals surface area contributed by atoms with Gasteiger partial charge in [-0.05, 0) is 25.2 Å². The highest BCUT2D eigenvalue weighted by Crippen LogP contribution is 2.35. The number of hydrogen-bond donors (Lipinski definition) is 1. The minimum atomic E-state index is -0.330. The van der Waals surface area contributed by atoms with Gasteiger partial charge < -0.3 is 10.1 Å². The zero-order chi connectivity index (χ0) is 10.9. The summed E-state index contributed by atoms with van der Waals surface area (Å²) in [5, 5.41) is 2.82. The first kappa shape index (κ1) is 10.6. The average molecular weight is 210 g/mol. The highest BCUT2D eigenvalue weighted by Gasteiger charge is 2.42. The number of methoxy groups -OCH3 is 1. The van der Waals surface area contributed by atoms with E-state index >= 15 is 0 Å². The number of hydrogen-bond acceptors (Lipinski definition) is 3. The second-order valence-electron chi connectivity index (χ2n) is 4.61. The molecular formula is C11H18N2O2. The van der Waals surface area contributed by atoms with E-state index in [0.29, 0.717) is 5.92 Å². The zero-order valence-corrected chi connectivity index (χ0v) is 9.38. The molecule has 0 radical (unpaired) electrons. The molecule has 4 heteroatoms. The molecule has 1 N–H and O–H groups in total. The fraction of sp³-hybridized carbons (Fsp3) is 0.818. The quantitative estimate of drug-likeness (QED) is 0.742. The van der Waals surface area contributed by atoms with E-state index in [1.54, 1.807) is 7.11 Å². The molecule has 0 aromatic rings. The molecule has 2 aliphatic rings. The monoisotopic (exact) mass is 210 g/mol. The molecule has 1 saturated carbocycles. The summed E-state index contributed by atoms with van der Waals surface area (Å²) in [6.45, 7) is 2.49. The lowest BCUT2D eigenvalue weighted by atomic mass is 9.78. The molecule has 2 unspecified atom stereocenters. The Morgan fingerprint density at radius 2 is 2.40 bits per heavy atom. The average Bonchev–Trinajstić information content (AvgIpc) is 2.65. The second kappa shape index (κ2) is 3.93. The van der Waals surface area contributed by atoms with Gasteiger partial charge in [0.05, 0.1) is 0 Å². The molecule has 15 heavy (non-hydrogen) atoms. The van der Waals surface area contributed by atoms with E-state index in [4.69, 9.17) is 4.74 Å². The Morgan fingerprint density at radius 1 is 1.60 bits per heavy atom. The summed E-state index contributed by atoms with van der Waals surface area (Å²) in [7, 11) is 1.71. The SMILES string of the molecule is COC1(C2=NCC(=O)N2)CCCC(C)C1. The van der Waals surface area contributed by atoms with Crippen LogP contribution in [-0.2, 0) is 9.53 Å². The highest BCUT2D eigenvalue weighted by molar-refractivity contribution is 6.07. The molecule has 1 amide bonds. The van der Waals surface area contributed by atoms with Crippen molar-refractivity contribution < 1.29 is 9.53 Å². The number of carbonyl (C=O) groups is 1. The van der Waals surface area contributed by atoms with Crippen molar-refractivity contribution in [2.24, 2.45) is 10.9 Å². The second-order valence-corrected chi connectivity index (χ2v) is 4.61. The van der Waals surface area contributed by atoms with Gasteiger partial charge in [0.1, 0.15) is 18.0 Å². The topological polar surface area (TPSA) is 50.7 Å².